The molecule has 1 fully saturated rings. The lowest BCUT2D eigenvalue weighted by Crippen LogP contribution is -2.35. The largest absolute Gasteiger partial charge is 0.220 e. The smallest absolute Gasteiger partial charge is 0.198 e. The predicted octanol–water partition coefficient (Wildman–Crippen LogP) is 7.89. The van der Waals surface area contributed by atoms with Gasteiger partial charge in [0, 0.05) is 13.0 Å². The highest BCUT2D eigenvalue weighted by molar-refractivity contribution is 5.94. The van der Waals surface area contributed by atoms with Crippen LogP contribution in [-0.2, 0) is 13.5 Å². The Balaban J connectivity index is 1.95. The monoisotopic (exact) mass is 415 g/mol. The Hall–Kier alpha value is -2.15. The molecular weight excluding hydrogens is 374 g/mol. The van der Waals surface area contributed by atoms with Gasteiger partial charge in [0.15, 0.2) is 5.69 Å². The second-order valence-corrected chi connectivity index (χ2v) is 11.1. The van der Waals surface area contributed by atoms with Crippen molar-refractivity contribution in [3.63, 3.8) is 0 Å². The number of pyridine rings is 1. The Labute approximate surface area is 190 Å². The van der Waals surface area contributed by atoms with Crippen LogP contribution in [0.25, 0.3) is 22.0 Å². The minimum Gasteiger partial charge on any atom is -0.198 e. The van der Waals surface area contributed by atoms with Crippen LogP contribution in [0.2, 0.25) is 0 Å². The topological polar surface area (TPSA) is 3.88 Å². The highest BCUT2D eigenvalue weighted by Gasteiger charge is 2.24. The van der Waals surface area contributed by atoms with E-state index in [1.54, 1.807) is 0 Å². The van der Waals surface area contributed by atoms with Crippen LogP contribution in [0.1, 0.15) is 88.1 Å². The fraction of sp³-hybridized carbons (Fsp3) is 0.500. The summed E-state index contributed by atoms with van der Waals surface area (Å²) in [6.45, 7) is 13.5. The quantitative estimate of drug-likeness (QED) is 0.383. The molecule has 0 amide bonds. The predicted molar refractivity (Wildman–Crippen MR) is 134 cm³/mol. The molecule has 1 aliphatic rings. The molecule has 0 spiro atoms. The molecule has 1 nitrogen and oxygen atoms in total. The van der Waals surface area contributed by atoms with Crippen LogP contribution in [0.15, 0.2) is 36.4 Å². The third kappa shape index (κ3) is 4.56. The molecule has 3 aromatic rings. The van der Waals surface area contributed by atoms with Gasteiger partial charge in [0.2, 0.25) is 5.69 Å². The molecular formula is C30H40N+. The maximum absolute atomic E-state index is 8.89. The zero-order valence-corrected chi connectivity index (χ0v) is 20.7. The molecule has 31 heavy (non-hydrogen) atoms. The van der Waals surface area contributed by atoms with Gasteiger partial charge in [-0.05, 0) is 84.2 Å². The first-order chi connectivity index (χ1) is 15.1. The summed E-state index contributed by atoms with van der Waals surface area (Å²) in [6, 6.07) is 12.4. The summed E-state index contributed by atoms with van der Waals surface area (Å²) < 4.78 is 11.1. The van der Waals surface area contributed by atoms with E-state index in [-0.39, 0.29) is 5.41 Å². The van der Waals surface area contributed by atoms with Gasteiger partial charge in [-0.25, -0.2) is 0 Å². The van der Waals surface area contributed by atoms with E-state index in [9.17, 15) is 0 Å². The molecule has 0 radical (unpaired) electrons. The van der Waals surface area contributed by atoms with Crippen LogP contribution in [0.3, 0.4) is 0 Å². The normalized spacial score (nSPS) is 16.0. The van der Waals surface area contributed by atoms with Crippen molar-refractivity contribution >= 4 is 10.8 Å². The number of aromatic nitrogens is 1. The van der Waals surface area contributed by atoms with Crippen LogP contribution in [0.5, 0.6) is 0 Å². The lowest BCUT2D eigenvalue weighted by atomic mass is 9.81. The molecule has 1 aliphatic carbocycles. The number of fused-ring (bicyclic) bond motifs is 1. The van der Waals surface area contributed by atoms with Crippen molar-refractivity contribution in [3.05, 3.63) is 64.3 Å². The second-order valence-electron chi connectivity index (χ2n) is 11.1. The fourth-order valence-electron chi connectivity index (χ4n) is 5.38. The van der Waals surface area contributed by atoms with Gasteiger partial charge in [0.05, 0.1) is 12.3 Å². The molecule has 2 aromatic carbocycles. The maximum Gasteiger partial charge on any atom is 0.220 e. The molecule has 0 N–H and O–H groups in total. The maximum atomic E-state index is 8.89. The Kier molecular flexibility index (Phi) is 5.63. The molecule has 0 aliphatic heterocycles. The van der Waals surface area contributed by atoms with Gasteiger partial charge in [0.1, 0.15) is 7.05 Å². The molecule has 4 rings (SSSR count). The molecule has 164 valence electrons. The highest BCUT2D eigenvalue weighted by Crippen LogP contribution is 2.38. The van der Waals surface area contributed by atoms with Crippen LogP contribution in [-0.4, -0.2) is 0 Å². The summed E-state index contributed by atoms with van der Waals surface area (Å²) >= 11 is 0. The van der Waals surface area contributed by atoms with Crippen molar-refractivity contribution in [1.82, 2.24) is 0 Å². The van der Waals surface area contributed by atoms with Crippen LogP contribution >= 0.6 is 0 Å². The number of benzene rings is 2. The lowest BCUT2D eigenvalue weighted by molar-refractivity contribution is -0.665. The van der Waals surface area contributed by atoms with Crippen molar-refractivity contribution < 1.29 is 5.94 Å². The minimum absolute atomic E-state index is 0.231. The van der Waals surface area contributed by atoms with Gasteiger partial charge in [0.25, 0.3) is 0 Å². The minimum atomic E-state index is 0.231. The van der Waals surface area contributed by atoms with E-state index in [1.165, 1.54) is 71.0 Å². The van der Waals surface area contributed by atoms with Crippen molar-refractivity contribution in [2.45, 2.75) is 86.0 Å². The first-order valence-electron chi connectivity index (χ1n) is 12.6. The lowest BCUT2D eigenvalue weighted by Gasteiger charge is -2.24. The van der Waals surface area contributed by atoms with Gasteiger partial charge in [-0.2, -0.15) is 4.57 Å². The number of aryl methyl sites for hydroxylation is 1. The van der Waals surface area contributed by atoms with Crippen LogP contribution < -0.4 is 4.57 Å². The average molecular weight is 416 g/mol. The van der Waals surface area contributed by atoms with E-state index in [4.69, 9.17) is 1.37 Å². The molecule has 1 heterocycles. The SMILES string of the molecule is [2H]c1c(C)[n+](C)c(-c2cc(C3CCCCC3)cc(C)c2C)c2ccc(CC(C)(C)C)cc12. The summed E-state index contributed by atoms with van der Waals surface area (Å²) in [5.74, 6) is 0.688. The Morgan fingerprint density at radius 3 is 2.39 bits per heavy atom. The highest BCUT2D eigenvalue weighted by atomic mass is 14.9. The first-order valence-corrected chi connectivity index (χ1v) is 12.1. The van der Waals surface area contributed by atoms with Crippen LogP contribution in [0, 0.1) is 26.2 Å². The third-order valence-electron chi connectivity index (χ3n) is 7.25. The summed E-state index contributed by atoms with van der Waals surface area (Å²) in [6.07, 6.45) is 7.74. The van der Waals surface area contributed by atoms with Gasteiger partial charge in [-0.15, -0.1) is 0 Å². The van der Waals surface area contributed by atoms with Gasteiger partial charge in [-0.1, -0.05) is 58.2 Å². The molecule has 0 bridgehead atoms. The van der Waals surface area contributed by atoms with E-state index in [0.29, 0.717) is 12.0 Å². The molecule has 1 aromatic heterocycles. The number of rotatable bonds is 3. The summed E-state index contributed by atoms with van der Waals surface area (Å²) in [5, 5.41) is 2.28. The Morgan fingerprint density at radius 1 is 1.00 bits per heavy atom. The molecule has 1 heteroatoms. The summed E-state index contributed by atoms with van der Waals surface area (Å²) in [5.41, 5.74) is 9.43. The van der Waals surface area contributed by atoms with Crippen molar-refractivity contribution in [3.8, 4) is 11.3 Å². The van der Waals surface area contributed by atoms with Crippen molar-refractivity contribution in [1.29, 1.82) is 0 Å². The van der Waals surface area contributed by atoms with E-state index < -0.39 is 0 Å². The Bertz CT molecular complexity index is 1160. The van der Waals surface area contributed by atoms with E-state index in [2.05, 4.69) is 83.5 Å². The van der Waals surface area contributed by atoms with E-state index in [1.807, 2.05) is 0 Å². The zero-order valence-electron chi connectivity index (χ0n) is 21.7. The fourth-order valence-corrected chi connectivity index (χ4v) is 5.38. The number of nitrogens with zero attached hydrogens (tertiary/aromatic N) is 1. The summed E-state index contributed by atoms with van der Waals surface area (Å²) in [7, 11) is 2.13. The average Bonchev–Trinajstić information content (AvgIpc) is 2.75. The molecule has 0 atom stereocenters. The zero-order chi connectivity index (χ0) is 23.2. The molecule has 0 saturated heterocycles. The standard InChI is InChI=1S/C30H40N/c1-20-15-25(24-11-9-8-10-12-24)18-28(22(20)3)29-27-14-13-23(19-30(4,5)6)17-26(27)16-21(2)31(29)7/h13-18,24H,8-12,19H2,1-7H3/q+1/i16D. The third-order valence-corrected chi connectivity index (χ3v) is 7.25. The molecule has 0 unspecified atom stereocenters. The van der Waals surface area contributed by atoms with E-state index >= 15 is 0 Å². The van der Waals surface area contributed by atoms with Gasteiger partial charge >= 0.3 is 0 Å². The number of hydrogen-bond acceptors (Lipinski definition) is 0. The second kappa shape index (κ2) is 8.41. The van der Waals surface area contributed by atoms with Crippen molar-refractivity contribution in [2.24, 2.45) is 12.5 Å². The molecule has 1 saturated carbocycles. The van der Waals surface area contributed by atoms with Crippen molar-refractivity contribution in [2.75, 3.05) is 0 Å². The number of hydrogen-bond donors (Lipinski definition) is 0. The van der Waals surface area contributed by atoms with Gasteiger partial charge < -0.3 is 0 Å². The summed E-state index contributed by atoms with van der Waals surface area (Å²) in [4.78, 5) is 0. The van der Waals surface area contributed by atoms with E-state index in [0.717, 1.165) is 17.5 Å². The Morgan fingerprint density at radius 2 is 1.71 bits per heavy atom. The first kappa shape index (κ1) is 20.7. The van der Waals surface area contributed by atoms with Gasteiger partial charge in [-0.3, -0.25) is 0 Å². The van der Waals surface area contributed by atoms with Crippen LogP contribution in [0.4, 0.5) is 0 Å².